The number of nitrogens with one attached hydrogen (secondary N) is 1. The summed E-state index contributed by atoms with van der Waals surface area (Å²) >= 11 is 12.5. The summed E-state index contributed by atoms with van der Waals surface area (Å²) in [7, 11) is 0. The number of hydrogen-bond donors (Lipinski definition) is 2. The van der Waals surface area contributed by atoms with Crippen molar-refractivity contribution >= 4 is 40.9 Å². The van der Waals surface area contributed by atoms with Gasteiger partial charge in [0.1, 0.15) is 17.3 Å². The lowest BCUT2D eigenvalue weighted by atomic mass is 9.62. The molecule has 4 rings (SSSR count). The fraction of sp³-hybridized carbons (Fsp3) is 0.391. The van der Waals surface area contributed by atoms with Crippen LogP contribution in [-0.4, -0.2) is 29.1 Å². The van der Waals surface area contributed by atoms with Crippen molar-refractivity contribution in [3.8, 4) is 0 Å². The largest absolute Gasteiger partial charge is 0.480 e. The Hall–Kier alpha value is -2.15. The van der Waals surface area contributed by atoms with E-state index in [1.807, 2.05) is 20.8 Å². The molecule has 0 bridgehead atoms. The van der Waals surface area contributed by atoms with E-state index in [4.69, 9.17) is 23.4 Å². The lowest BCUT2D eigenvalue weighted by Crippen LogP contribution is -2.50. The number of rotatable bonds is 3. The molecule has 31 heavy (non-hydrogen) atoms. The molecule has 0 aromatic heterocycles. The van der Waals surface area contributed by atoms with Crippen LogP contribution in [0.15, 0.2) is 42.5 Å². The smallest absolute Gasteiger partial charge is 0.321 e. The van der Waals surface area contributed by atoms with Crippen LogP contribution in [0.25, 0.3) is 0 Å². The molecule has 4 unspecified atom stereocenters. The topological polar surface area (TPSA) is 69.6 Å². The van der Waals surface area contributed by atoms with Gasteiger partial charge in [-0.3, -0.25) is 14.9 Å². The van der Waals surface area contributed by atoms with Gasteiger partial charge in [0.15, 0.2) is 0 Å². The number of carbonyl (C=O) groups is 2. The number of carbonyl (C=O) groups excluding carboxylic acids is 1. The van der Waals surface area contributed by atoms with Crippen LogP contribution in [-0.2, 0) is 15.0 Å². The van der Waals surface area contributed by atoms with Crippen LogP contribution in [0, 0.1) is 11.2 Å². The number of nitrogens with zero attached hydrogens (tertiary/aromatic N) is 1. The maximum atomic E-state index is 15.3. The molecule has 2 heterocycles. The van der Waals surface area contributed by atoms with Gasteiger partial charge in [-0.05, 0) is 35.1 Å². The second-order valence-electron chi connectivity index (χ2n) is 9.39. The predicted octanol–water partition coefficient (Wildman–Crippen LogP) is 4.86. The van der Waals surface area contributed by atoms with Crippen molar-refractivity contribution in [2.24, 2.45) is 5.41 Å². The molecule has 5 nitrogen and oxygen atoms in total. The maximum absolute atomic E-state index is 15.3. The standard InChI is InChI=1S/C23H23Cl2FN2O3/c1-22(2,3)11-16-23(13-8-4-5-10-15(13)28(25)21(23)31)17(19(27-16)20(29)30)12-7-6-9-14(24)18(12)26/h4-10,16-17,19,27H,11H2,1-3H3,(H,29,30). The first-order valence-electron chi connectivity index (χ1n) is 10.0. The second-order valence-corrected chi connectivity index (χ2v) is 10.1. The zero-order valence-corrected chi connectivity index (χ0v) is 18.8. The van der Waals surface area contributed by atoms with E-state index >= 15 is 4.39 Å². The van der Waals surface area contributed by atoms with Crippen molar-refractivity contribution in [1.82, 2.24) is 5.32 Å². The summed E-state index contributed by atoms with van der Waals surface area (Å²) in [6.45, 7) is 6.03. The van der Waals surface area contributed by atoms with Crippen LogP contribution in [0.1, 0.15) is 44.2 Å². The molecular weight excluding hydrogens is 442 g/mol. The molecule has 2 aliphatic rings. The zero-order chi connectivity index (χ0) is 22.7. The lowest BCUT2D eigenvalue weighted by molar-refractivity contribution is -0.139. The molecule has 2 N–H and O–H groups in total. The van der Waals surface area contributed by atoms with Crippen molar-refractivity contribution in [1.29, 1.82) is 0 Å². The summed E-state index contributed by atoms with van der Waals surface area (Å²) in [5, 5.41) is 13.1. The van der Waals surface area contributed by atoms with Gasteiger partial charge in [0, 0.05) is 23.7 Å². The first-order valence-corrected chi connectivity index (χ1v) is 10.7. The van der Waals surface area contributed by atoms with Gasteiger partial charge in [-0.25, -0.2) is 8.81 Å². The third-order valence-corrected chi connectivity index (χ3v) is 6.87. The van der Waals surface area contributed by atoms with Crippen LogP contribution < -0.4 is 9.74 Å². The van der Waals surface area contributed by atoms with Gasteiger partial charge < -0.3 is 5.11 Å². The fourth-order valence-electron chi connectivity index (χ4n) is 5.17. The van der Waals surface area contributed by atoms with Gasteiger partial charge in [-0.2, -0.15) is 0 Å². The first-order chi connectivity index (χ1) is 14.5. The number of benzene rings is 2. The molecule has 1 spiro atoms. The summed E-state index contributed by atoms with van der Waals surface area (Å²) < 4.78 is 16.3. The van der Waals surface area contributed by atoms with Gasteiger partial charge in [0.05, 0.1) is 10.7 Å². The van der Waals surface area contributed by atoms with E-state index < -0.39 is 41.1 Å². The molecule has 1 amide bonds. The molecule has 0 radical (unpaired) electrons. The van der Waals surface area contributed by atoms with E-state index in [-0.39, 0.29) is 16.0 Å². The Bertz CT molecular complexity index is 1070. The van der Waals surface area contributed by atoms with E-state index in [1.54, 1.807) is 30.3 Å². The van der Waals surface area contributed by atoms with Crippen LogP contribution in [0.5, 0.6) is 0 Å². The van der Waals surface area contributed by atoms with Gasteiger partial charge in [-0.1, -0.05) is 62.7 Å². The number of carboxylic acids is 1. The maximum Gasteiger partial charge on any atom is 0.321 e. The molecule has 2 aromatic rings. The summed E-state index contributed by atoms with van der Waals surface area (Å²) in [6, 6.07) is 9.68. The van der Waals surface area contributed by atoms with Crippen molar-refractivity contribution in [3.05, 3.63) is 64.4 Å². The Labute approximate surface area is 190 Å². The first kappa shape index (κ1) is 22.1. The van der Waals surface area contributed by atoms with Gasteiger partial charge in [-0.15, -0.1) is 0 Å². The molecule has 2 aromatic carbocycles. The molecule has 8 heteroatoms. The quantitative estimate of drug-likeness (QED) is 0.636. The molecule has 4 atom stereocenters. The number of amides is 1. The minimum Gasteiger partial charge on any atom is -0.480 e. The number of hydrogen-bond acceptors (Lipinski definition) is 3. The highest BCUT2D eigenvalue weighted by molar-refractivity contribution is 6.40. The lowest BCUT2D eigenvalue weighted by Gasteiger charge is -2.37. The van der Waals surface area contributed by atoms with Crippen LogP contribution >= 0.6 is 23.4 Å². The molecule has 0 aliphatic carbocycles. The number of aliphatic carboxylic acids is 1. The average Bonchev–Trinajstić information content (AvgIpc) is 3.13. The van der Waals surface area contributed by atoms with Crippen LogP contribution in [0.4, 0.5) is 10.1 Å². The van der Waals surface area contributed by atoms with E-state index in [0.29, 0.717) is 17.7 Å². The predicted molar refractivity (Wildman–Crippen MR) is 118 cm³/mol. The molecule has 2 aliphatic heterocycles. The highest BCUT2D eigenvalue weighted by atomic mass is 35.5. The SMILES string of the molecule is CC(C)(C)CC1NC(C(=O)O)C(c2cccc(Cl)c2F)C12C(=O)N(Cl)c1ccccc12. The van der Waals surface area contributed by atoms with E-state index in [1.165, 1.54) is 12.1 Å². The molecule has 1 fully saturated rings. The summed E-state index contributed by atoms with van der Waals surface area (Å²) in [4.78, 5) is 26.2. The zero-order valence-electron chi connectivity index (χ0n) is 17.3. The molecule has 164 valence electrons. The molecular formula is C23H23Cl2FN2O3. The highest BCUT2D eigenvalue weighted by Crippen LogP contribution is 2.58. The van der Waals surface area contributed by atoms with E-state index in [2.05, 4.69) is 5.32 Å². The van der Waals surface area contributed by atoms with Crippen LogP contribution in [0.2, 0.25) is 5.02 Å². The minimum atomic E-state index is -1.40. The minimum absolute atomic E-state index is 0.0823. The number of para-hydroxylation sites is 1. The van der Waals surface area contributed by atoms with Gasteiger partial charge in [0.25, 0.3) is 5.91 Å². The van der Waals surface area contributed by atoms with Crippen molar-refractivity contribution < 1.29 is 19.1 Å². The number of anilines is 1. The third kappa shape index (κ3) is 3.23. The molecule has 1 saturated heterocycles. The van der Waals surface area contributed by atoms with Crippen molar-refractivity contribution in [3.63, 3.8) is 0 Å². The summed E-state index contributed by atoms with van der Waals surface area (Å²) in [5.41, 5.74) is -0.498. The Kier molecular flexibility index (Phi) is 5.31. The van der Waals surface area contributed by atoms with Crippen LogP contribution in [0.3, 0.4) is 0 Å². The Morgan fingerprint density at radius 3 is 2.55 bits per heavy atom. The van der Waals surface area contributed by atoms with Crippen molar-refractivity contribution in [2.45, 2.75) is 50.6 Å². The van der Waals surface area contributed by atoms with Gasteiger partial charge in [0.2, 0.25) is 0 Å². The third-order valence-electron chi connectivity index (χ3n) is 6.25. The normalized spacial score (nSPS) is 27.7. The van der Waals surface area contributed by atoms with Crippen molar-refractivity contribution in [2.75, 3.05) is 4.42 Å². The number of fused-ring (bicyclic) bond motifs is 2. The Morgan fingerprint density at radius 1 is 1.23 bits per heavy atom. The summed E-state index contributed by atoms with van der Waals surface area (Å²) in [6.07, 6.45) is 0.472. The second kappa shape index (κ2) is 7.47. The van der Waals surface area contributed by atoms with Gasteiger partial charge >= 0.3 is 5.97 Å². The van der Waals surface area contributed by atoms with E-state index in [9.17, 15) is 14.7 Å². The highest BCUT2D eigenvalue weighted by Gasteiger charge is 2.68. The number of carboxylic acid groups (broad SMARTS) is 1. The summed E-state index contributed by atoms with van der Waals surface area (Å²) in [5.74, 6) is -3.41. The van der Waals surface area contributed by atoms with E-state index in [0.717, 1.165) is 4.42 Å². The monoisotopic (exact) mass is 464 g/mol. The Balaban J connectivity index is 2.06. The Morgan fingerprint density at radius 2 is 1.90 bits per heavy atom. The number of halogens is 3. The molecule has 0 saturated carbocycles. The fourth-order valence-corrected chi connectivity index (χ4v) is 5.64. The average molecular weight is 465 g/mol.